The fourth-order valence-corrected chi connectivity index (χ4v) is 2.72. The van der Waals surface area contributed by atoms with Gasteiger partial charge in [-0.05, 0) is 36.1 Å². The summed E-state index contributed by atoms with van der Waals surface area (Å²) in [6, 6.07) is 15.8. The Hall–Kier alpha value is -2.06. The van der Waals surface area contributed by atoms with Gasteiger partial charge in [0.15, 0.2) is 0 Å². The number of amides is 1. The number of aliphatic carboxylic acids is 1. The van der Waals surface area contributed by atoms with E-state index in [2.05, 4.69) is 5.32 Å². The molecule has 154 valence electrons. The molecule has 0 heterocycles. The molecule has 0 saturated carbocycles. The fourth-order valence-electron chi connectivity index (χ4n) is 2.60. The molecule has 0 saturated heterocycles. The van der Waals surface area contributed by atoms with E-state index in [4.69, 9.17) is 21.1 Å². The van der Waals surface area contributed by atoms with Gasteiger partial charge < -0.3 is 24.7 Å². The maximum absolute atomic E-state index is 11.6. The van der Waals surface area contributed by atoms with Crippen LogP contribution >= 0.6 is 11.6 Å². The van der Waals surface area contributed by atoms with Crippen molar-refractivity contribution >= 4 is 29.6 Å². The molecule has 1 unspecified atom stereocenters. The molecule has 2 aromatic carbocycles. The second-order valence-electron chi connectivity index (χ2n) is 6.19. The molecule has 2 rings (SSSR count). The summed E-state index contributed by atoms with van der Waals surface area (Å²) in [7, 11) is 0. The standard InChI is InChI=1S/C21H22ClNO6.Na/c22-17-9-7-16(8-10-17)18(20(25)26)12-13-23-21(27)29-14-28-19(24)11-6-15-4-2-1-3-5-15;/h1-5,7-10,18H,6,11-14H2,(H,23,27)(H,25,26);/q;+1/p-1. The number of rotatable bonds is 10. The van der Waals surface area contributed by atoms with Gasteiger partial charge in [0.05, 0.1) is 0 Å². The van der Waals surface area contributed by atoms with Crippen LogP contribution in [0.5, 0.6) is 0 Å². The van der Waals surface area contributed by atoms with E-state index in [0.29, 0.717) is 17.0 Å². The Balaban J connectivity index is 0.00000450. The molecule has 1 N–H and O–H groups in total. The Labute approximate surface area is 202 Å². The molecule has 9 heteroatoms. The number of ether oxygens (including phenoxy) is 2. The predicted molar refractivity (Wildman–Crippen MR) is 104 cm³/mol. The van der Waals surface area contributed by atoms with Crippen LogP contribution in [0.4, 0.5) is 4.79 Å². The van der Waals surface area contributed by atoms with Gasteiger partial charge >= 0.3 is 41.6 Å². The largest absolute Gasteiger partial charge is 1.00 e. The Kier molecular flexibility index (Phi) is 12.2. The molecule has 0 bridgehead atoms. The minimum Gasteiger partial charge on any atom is -0.549 e. The molecule has 0 aliphatic rings. The first-order chi connectivity index (χ1) is 14.0. The molecule has 0 radical (unpaired) electrons. The van der Waals surface area contributed by atoms with Gasteiger partial charge in [-0.3, -0.25) is 4.79 Å². The third kappa shape index (κ3) is 9.63. The number of carbonyl (C=O) groups excluding carboxylic acids is 3. The quantitative estimate of drug-likeness (QED) is 0.301. The number of benzene rings is 2. The van der Waals surface area contributed by atoms with Gasteiger partial charge in [-0.2, -0.15) is 0 Å². The second-order valence-corrected chi connectivity index (χ2v) is 6.63. The van der Waals surface area contributed by atoms with Gasteiger partial charge in [0.25, 0.3) is 0 Å². The van der Waals surface area contributed by atoms with E-state index in [9.17, 15) is 19.5 Å². The molecule has 0 fully saturated rings. The summed E-state index contributed by atoms with van der Waals surface area (Å²) in [5, 5.41) is 14.2. The van der Waals surface area contributed by atoms with Crippen LogP contribution in [0.15, 0.2) is 54.6 Å². The number of alkyl carbamates (subject to hydrolysis) is 1. The second kappa shape index (κ2) is 14.0. The van der Waals surface area contributed by atoms with Crippen LogP contribution in [0.3, 0.4) is 0 Å². The first kappa shape index (κ1) is 26.0. The molecular weight excluding hydrogens is 421 g/mol. The number of esters is 1. The van der Waals surface area contributed by atoms with Crippen LogP contribution < -0.4 is 40.0 Å². The minimum atomic E-state index is -1.25. The Morgan fingerprint density at radius 1 is 1.00 bits per heavy atom. The van der Waals surface area contributed by atoms with Crippen LogP contribution in [0.25, 0.3) is 0 Å². The van der Waals surface area contributed by atoms with E-state index in [0.717, 1.165) is 5.56 Å². The zero-order valence-electron chi connectivity index (χ0n) is 16.6. The molecule has 0 aromatic heterocycles. The maximum Gasteiger partial charge on any atom is 1.00 e. The third-order valence-electron chi connectivity index (χ3n) is 4.13. The van der Waals surface area contributed by atoms with Gasteiger partial charge in [0.1, 0.15) is 0 Å². The average Bonchev–Trinajstić information content (AvgIpc) is 2.71. The zero-order valence-corrected chi connectivity index (χ0v) is 19.4. The average molecular weight is 442 g/mol. The van der Waals surface area contributed by atoms with Crippen LogP contribution in [0.1, 0.15) is 29.9 Å². The monoisotopic (exact) mass is 441 g/mol. The van der Waals surface area contributed by atoms with Crippen LogP contribution in [0, 0.1) is 0 Å². The van der Waals surface area contributed by atoms with Gasteiger partial charge in [-0.15, -0.1) is 0 Å². The predicted octanol–water partition coefficient (Wildman–Crippen LogP) is -0.573. The molecule has 30 heavy (non-hydrogen) atoms. The van der Waals surface area contributed by atoms with Crippen molar-refractivity contribution < 1.29 is 58.5 Å². The summed E-state index contributed by atoms with van der Waals surface area (Å²) in [6.07, 6.45) is -0.00502. The van der Waals surface area contributed by atoms with E-state index in [-0.39, 0.29) is 48.9 Å². The topological polar surface area (TPSA) is 105 Å². The first-order valence-electron chi connectivity index (χ1n) is 9.02. The van der Waals surface area contributed by atoms with Crippen molar-refractivity contribution in [2.24, 2.45) is 0 Å². The van der Waals surface area contributed by atoms with Crippen molar-refractivity contribution in [3.63, 3.8) is 0 Å². The third-order valence-corrected chi connectivity index (χ3v) is 4.38. The number of aryl methyl sites for hydroxylation is 1. The summed E-state index contributed by atoms with van der Waals surface area (Å²) >= 11 is 5.79. The van der Waals surface area contributed by atoms with Crippen LogP contribution in [-0.2, 0) is 25.5 Å². The van der Waals surface area contributed by atoms with Gasteiger partial charge in [-0.1, -0.05) is 54.1 Å². The van der Waals surface area contributed by atoms with E-state index in [1.165, 1.54) is 0 Å². The number of nitrogens with one attached hydrogen (secondary N) is 1. The smallest absolute Gasteiger partial charge is 0.549 e. The molecule has 2 aromatic rings. The molecular formula is C21H21ClNNaO6. The number of carbonyl (C=O) groups is 3. The van der Waals surface area contributed by atoms with E-state index < -0.39 is 30.7 Å². The SMILES string of the molecule is O=C(CCc1ccccc1)OCOC(=O)NCCC(C(=O)[O-])c1ccc(Cl)cc1.[Na+]. The summed E-state index contributed by atoms with van der Waals surface area (Å²) in [5.41, 5.74) is 1.53. The Morgan fingerprint density at radius 2 is 1.67 bits per heavy atom. The van der Waals surface area contributed by atoms with Crippen molar-refractivity contribution in [1.29, 1.82) is 0 Å². The van der Waals surface area contributed by atoms with Crippen molar-refractivity contribution in [1.82, 2.24) is 5.32 Å². The van der Waals surface area contributed by atoms with Gasteiger partial charge in [0.2, 0.25) is 6.79 Å². The molecule has 0 spiro atoms. The number of carboxylic acid groups (broad SMARTS) is 1. The van der Waals surface area contributed by atoms with Gasteiger partial charge in [-0.25, -0.2) is 4.79 Å². The number of halogens is 1. The number of carboxylic acids is 1. The summed E-state index contributed by atoms with van der Waals surface area (Å²) < 4.78 is 9.60. The van der Waals surface area contributed by atoms with E-state index in [1.54, 1.807) is 24.3 Å². The van der Waals surface area contributed by atoms with Crippen molar-refractivity contribution in [2.45, 2.75) is 25.2 Å². The molecule has 7 nitrogen and oxygen atoms in total. The molecule has 1 amide bonds. The molecule has 0 aliphatic carbocycles. The maximum atomic E-state index is 11.6. The van der Waals surface area contributed by atoms with Crippen LogP contribution in [0.2, 0.25) is 5.02 Å². The van der Waals surface area contributed by atoms with Crippen molar-refractivity contribution in [2.75, 3.05) is 13.3 Å². The molecule has 1 atom stereocenters. The summed E-state index contributed by atoms with van der Waals surface area (Å²) in [6.45, 7) is -0.470. The fraction of sp³-hybridized carbons (Fsp3) is 0.286. The Morgan fingerprint density at radius 3 is 2.30 bits per heavy atom. The van der Waals surface area contributed by atoms with Crippen molar-refractivity contribution in [3.05, 3.63) is 70.7 Å². The zero-order chi connectivity index (χ0) is 21.1. The number of hydrogen-bond acceptors (Lipinski definition) is 6. The summed E-state index contributed by atoms with van der Waals surface area (Å²) in [5.74, 6) is -2.64. The van der Waals surface area contributed by atoms with E-state index in [1.807, 2.05) is 30.3 Å². The molecule has 0 aliphatic heterocycles. The normalized spacial score (nSPS) is 11.0. The van der Waals surface area contributed by atoms with Gasteiger partial charge in [0, 0.05) is 29.9 Å². The Bertz CT molecular complexity index is 816. The number of hydrogen-bond donors (Lipinski definition) is 1. The summed E-state index contributed by atoms with van der Waals surface area (Å²) in [4.78, 5) is 34.6. The van der Waals surface area contributed by atoms with Crippen LogP contribution in [-0.4, -0.2) is 31.4 Å². The van der Waals surface area contributed by atoms with E-state index >= 15 is 0 Å². The van der Waals surface area contributed by atoms with Crippen molar-refractivity contribution in [3.8, 4) is 0 Å². The first-order valence-corrected chi connectivity index (χ1v) is 9.40. The minimum absolute atomic E-state index is 0.